The van der Waals surface area contributed by atoms with E-state index < -0.39 is 5.82 Å². The molecule has 1 aliphatic heterocycles. The molecule has 3 rings (SSSR count). The zero-order valence-electron chi connectivity index (χ0n) is 16.1. The van der Waals surface area contributed by atoms with Crippen LogP contribution in [0.25, 0.3) is 0 Å². The van der Waals surface area contributed by atoms with Crippen LogP contribution in [0.4, 0.5) is 4.39 Å². The van der Waals surface area contributed by atoms with Gasteiger partial charge in [-0.2, -0.15) is 0 Å². The molecule has 0 spiro atoms. The van der Waals surface area contributed by atoms with Crippen LogP contribution in [-0.4, -0.2) is 61.4 Å². The largest absolute Gasteiger partial charge is 0.505 e. The first-order valence-electron chi connectivity index (χ1n) is 9.88. The van der Waals surface area contributed by atoms with E-state index in [1.54, 1.807) is 13.1 Å². The molecule has 0 unspecified atom stereocenters. The van der Waals surface area contributed by atoms with E-state index >= 15 is 0 Å². The summed E-state index contributed by atoms with van der Waals surface area (Å²) in [6, 6.07) is 4.42. The molecule has 0 atom stereocenters. The number of aromatic hydroxyl groups is 1. The van der Waals surface area contributed by atoms with Crippen molar-refractivity contribution in [1.29, 1.82) is 0 Å². The van der Waals surface area contributed by atoms with Gasteiger partial charge in [0.1, 0.15) is 0 Å². The van der Waals surface area contributed by atoms with E-state index in [2.05, 4.69) is 20.5 Å². The van der Waals surface area contributed by atoms with Crippen molar-refractivity contribution in [2.75, 3.05) is 39.9 Å². The molecule has 27 heavy (non-hydrogen) atoms. The maximum atomic E-state index is 13.5. The van der Waals surface area contributed by atoms with Gasteiger partial charge in [-0.05, 0) is 30.5 Å². The number of rotatable bonds is 5. The first-order valence-corrected chi connectivity index (χ1v) is 9.88. The molecule has 6 nitrogen and oxygen atoms in total. The van der Waals surface area contributed by atoms with Crippen LogP contribution >= 0.6 is 0 Å². The standard InChI is InChI=1S/C20H31FN4O2/c1-22-19(23-14-16-5-6-18(26)17(21)13-16)24-15-20(7-3-2-4-8-20)25-9-11-27-12-10-25/h5-6,13,26H,2-4,7-12,14-15H2,1H3,(H2,22,23,24). The molecule has 1 heterocycles. The summed E-state index contributed by atoms with van der Waals surface area (Å²) in [5.74, 6) is -0.224. The van der Waals surface area contributed by atoms with Gasteiger partial charge >= 0.3 is 0 Å². The van der Waals surface area contributed by atoms with Crippen molar-refractivity contribution in [3.63, 3.8) is 0 Å². The highest BCUT2D eigenvalue weighted by molar-refractivity contribution is 5.79. The number of aliphatic imine (C=N–C) groups is 1. The average Bonchev–Trinajstić information content (AvgIpc) is 2.72. The Kier molecular flexibility index (Phi) is 6.90. The van der Waals surface area contributed by atoms with Gasteiger partial charge in [0.05, 0.1) is 13.2 Å². The fourth-order valence-corrected chi connectivity index (χ4v) is 4.17. The SMILES string of the molecule is CN=C(NCc1ccc(O)c(F)c1)NCC1(N2CCOCC2)CCCCC1. The lowest BCUT2D eigenvalue weighted by molar-refractivity contribution is -0.0352. The van der Waals surface area contributed by atoms with Crippen LogP contribution in [0, 0.1) is 5.82 Å². The first kappa shape index (κ1) is 19.9. The molecular formula is C20H31FN4O2. The fourth-order valence-electron chi connectivity index (χ4n) is 4.17. The maximum Gasteiger partial charge on any atom is 0.191 e. The molecular weight excluding hydrogens is 347 g/mol. The number of halogens is 1. The number of benzene rings is 1. The number of phenolic OH excluding ortho intramolecular Hbond substituents is 1. The van der Waals surface area contributed by atoms with Gasteiger partial charge in [-0.15, -0.1) is 0 Å². The van der Waals surface area contributed by atoms with E-state index in [4.69, 9.17) is 4.74 Å². The summed E-state index contributed by atoms with van der Waals surface area (Å²) in [4.78, 5) is 6.90. The van der Waals surface area contributed by atoms with E-state index in [1.807, 2.05) is 0 Å². The Morgan fingerprint density at radius 1 is 1.22 bits per heavy atom. The number of nitrogens with zero attached hydrogens (tertiary/aromatic N) is 2. The number of morpholine rings is 1. The molecule has 1 aliphatic carbocycles. The lowest BCUT2D eigenvalue weighted by atomic mass is 9.80. The Hall–Kier alpha value is -1.86. The third-order valence-electron chi connectivity index (χ3n) is 5.75. The summed E-state index contributed by atoms with van der Waals surface area (Å²) in [7, 11) is 1.75. The Morgan fingerprint density at radius 3 is 2.63 bits per heavy atom. The molecule has 2 aliphatic rings. The fraction of sp³-hybridized carbons (Fsp3) is 0.650. The monoisotopic (exact) mass is 378 g/mol. The molecule has 1 aromatic carbocycles. The zero-order valence-corrected chi connectivity index (χ0v) is 16.1. The Labute approximate surface area is 160 Å². The van der Waals surface area contributed by atoms with Gasteiger partial charge in [-0.25, -0.2) is 4.39 Å². The molecule has 0 aromatic heterocycles. The predicted octanol–water partition coefficient (Wildman–Crippen LogP) is 2.23. The minimum atomic E-state index is -0.606. The second-order valence-electron chi connectivity index (χ2n) is 7.45. The molecule has 1 aromatic rings. The van der Waals surface area contributed by atoms with Crippen molar-refractivity contribution in [3.8, 4) is 5.75 Å². The van der Waals surface area contributed by atoms with Crippen LogP contribution in [0.3, 0.4) is 0 Å². The van der Waals surface area contributed by atoms with Crippen molar-refractivity contribution in [2.24, 2.45) is 4.99 Å². The van der Waals surface area contributed by atoms with Crippen molar-refractivity contribution in [1.82, 2.24) is 15.5 Å². The molecule has 0 bridgehead atoms. The molecule has 1 saturated heterocycles. The third kappa shape index (κ3) is 5.11. The lowest BCUT2D eigenvalue weighted by Gasteiger charge is -2.48. The van der Waals surface area contributed by atoms with Gasteiger partial charge in [0.25, 0.3) is 0 Å². The molecule has 7 heteroatoms. The van der Waals surface area contributed by atoms with E-state index in [0.29, 0.717) is 12.5 Å². The quantitative estimate of drug-likeness (QED) is 0.542. The molecule has 3 N–H and O–H groups in total. The van der Waals surface area contributed by atoms with E-state index in [0.717, 1.165) is 38.4 Å². The highest BCUT2D eigenvalue weighted by atomic mass is 19.1. The molecule has 0 radical (unpaired) electrons. The van der Waals surface area contributed by atoms with Crippen molar-refractivity contribution >= 4 is 5.96 Å². The normalized spacial score (nSPS) is 21.0. The van der Waals surface area contributed by atoms with Crippen LogP contribution in [0.15, 0.2) is 23.2 Å². The smallest absolute Gasteiger partial charge is 0.191 e. The molecule has 2 fully saturated rings. The molecule has 0 amide bonds. The van der Waals surface area contributed by atoms with Gasteiger partial charge < -0.3 is 20.5 Å². The first-order chi connectivity index (χ1) is 13.1. The molecule has 1 saturated carbocycles. The Morgan fingerprint density at radius 2 is 1.96 bits per heavy atom. The van der Waals surface area contributed by atoms with Crippen molar-refractivity contribution < 1.29 is 14.2 Å². The highest BCUT2D eigenvalue weighted by Crippen LogP contribution is 2.33. The second-order valence-corrected chi connectivity index (χ2v) is 7.45. The predicted molar refractivity (Wildman–Crippen MR) is 104 cm³/mol. The Bertz CT molecular complexity index is 641. The minimum Gasteiger partial charge on any atom is -0.505 e. The number of hydrogen-bond donors (Lipinski definition) is 3. The van der Waals surface area contributed by atoms with Crippen molar-refractivity contribution in [3.05, 3.63) is 29.6 Å². The van der Waals surface area contributed by atoms with Crippen LogP contribution in [-0.2, 0) is 11.3 Å². The zero-order chi connectivity index (χ0) is 19.1. The van der Waals surface area contributed by atoms with E-state index in [9.17, 15) is 9.50 Å². The second kappa shape index (κ2) is 9.37. The summed E-state index contributed by atoms with van der Waals surface area (Å²) >= 11 is 0. The summed E-state index contributed by atoms with van der Waals surface area (Å²) in [6.07, 6.45) is 6.22. The van der Waals surface area contributed by atoms with E-state index in [1.165, 1.54) is 44.2 Å². The summed E-state index contributed by atoms with van der Waals surface area (Å²) in [5.41, 5.74) is 0.915. The van der Waals surface area contributed by atoms with Crippen LogP contribution in [0.2, 0.25) is 0 Å². The van der Waals surface area contributed by atoms with E-state index in [-0.39, 0.29) is 11.3 Å². The van der Waals surface area contributed by atoms with Gasteiger partial charge in [0, 0.05) is 38.8 Å². The lowest BCUT2D eigenvalue weighted by Crippen LogP contribution is -2.60. The minimum absolute atomic E-state index is 0.157. The number of hydrogen-bond acceptors (Lipinski definition) is 4. The number of nitrogens with one attached hydrogen (secondary N) is 2. The van der Waals surface area contributed by atoms with Gasteiger partial charge in [-0.3, -0.25) is 9.89 Å². The Balaban J connectivity index is 1.58. The highest BCUT2D eigenvalue weighted by Gasteiger charge is 2.38. The topological polar surface area (TPSA) is 69.1 Å². The summed E-state index contributed by atoms with van der Waals surface area (Å²) < 4.78 is 19.0. The number of phenols is 1. The van der Waals surface area contributed by atoms with Gasteiger partial charge in [-0.1, -0.05) is 25.3 Å². The van der Waals surface area contributed by atoms with Crippen LogP contribution in [0.1, 0.15) is 37.7 Å². The summed E-state index contributed by atoms with van der Waals surface area (Å²) in [6.45, 7) is 4.88. The number of guanidine groups is 1. The molecule has 150 valence electrons. The maximum absolute atomic E-state index is 13.5. The van der Waals surface area contributed by atoms with Gasteiger partial charge in [0.2, 0.25) is 0 Å². The summed E-state index contributed by atoms with van der Waals surface area (Å²) in [5, 5.41) is 16.0. The number of ether oxygens (including phenoxy) is 1. The van der Waals surface area contributed by atoms with Gasteiger partial charge in [0.15, 0.2) is 17.5 Å². The van der Waals surface area contributed by atoms with Crippen LogP contribution in [0.5, 0.6) is 5.75 Å². The van der Waals surface area contributed by atoms with Crippen molar-refractivity contribution in [2.45, 2.75) is 44.2 Å². The van der Waals surface area contributed by atoms with Crippen LogP contribution < -0.4 is 10.6 Å². The average molecular weight is 378 g/mol. The third-order valence-corrected chi connectivity index (χ3v) is 5.75.